The molecule has 3 atom stereocenters. The molecule has 0 aliphatic carbocycles. The molecule has 1 saturated heterocycles. The topological polar surface area (TPSA) is 105 Å². The summed E-state index contributed by atoms with van der Waals surface area (Å²) >= 11 is 2.37. The van der Waals surface area contributed by atoms with Crippen LogP contribution < -0.4 is 0 Å². The molecule has 2 aromatic heterocycles. The van der Waals surface area contributed by atoms with Crippen molar-refractivity contribution in [2.24, 2.45) is 10.8 Å². The molecule has 3 heterocycles. The average Bonchev–Trinajstić information content (AvgIpc) is 3.54. The Kier molecular flexibility index (Phi) is 8.87. The number of rotatable bonds is 11. The van der Waals surface area contributed by atoms with Crippen LogP contribution in [0.5, 0.6) is 0 Å². The van der Waals surface area contributed by atoms with Gasteiger partial charge in [-0.15, -0.1) is 22.7 Å². The van der Waals surface area contributed by atoms with Gasteiger partial charge in [-0.1, -0.05) is 66.0 Å². The van der Waals surface area contributed by atoms with E-state index in [2.05, 4.69) is 0 Å². The maximum atomic E-state index is 13.7. The molecule has 196 valence electrons. The van der Waals surface area contributed by atoms with Crippen molar-refractivity contribution in [1.82, 2.24) is 0 Å². The van der Waals surface area contributed by atoms with Crippen molar-refractivity contribution in [3.63, 3.8) is 0 Å². The molecular weight excluding hydrogens is 504 g/mol. The van der Waals surface area contributed by atoms with Crippen LogP contribution in [-0.4, -0.2) is 35.2 Å². The molecule has 1 aliphatic heterocycles. The van der Waals surface area contributed by atoms with E-state index in [1.807, 2.05) is 13.8 Å². The number of thiophene rings is 2. The van der Waals surface area contributed by atoms with E-state index in [0.29, 0.717) is 24.1 Å². The molecule has 0 N–H and O–H groups in total. The van der Waals surface area contributed by atoms with E-state index in [9.17, 15) is 19.2 Å². The largest absolute Gasteiger partial charge is 0.401 e. The fraction of sp³-hybridized carbons (Fsp3) is 0.538. The van der Waals surface area contributed by atoms with Crippen LogP contribution in [0.3, 0.4) is 0 Å². The van der Waals surface area contributed by atoms with Crippen molar-refractivity contribution in [2.75, 3.05) is 0 Å². The molecule has 0 radical (unpaired) electrons. The van der Waals surface area contributed by atoms with Gasteiger partial charge < -0.3 is 0 Å². The van der Waals surface area contributed by atoms with Gasteiger partial charge in [0.15, 0.2) is 5.78 Å². The minimum atomic E-state index is -2.09. The first-order valence-corrected chi connectivity index (χ1v) is 13.8. The number of ketones is 2. The highest BCUT2D eigenvalue weighted by atomic mass is 32.1. The van der Waals surface area contributed by atoms with Gasteiger partial charge >= 0.3 is 11.9 Å². The summed E-state index contributed by atoms with van der Waals surface area (Å²) in [5, 5.41) is 3.45. The molecule has 1 fully saturated rings. The zero-order chi connectivity index (χ0) is 26.6. The SMILES string of the molecule is CCCCC(C(=O)OOC(=O)C1(C(=O)c2cccs2)OOC1CCC)(C(=O)c1cccs1)C(C)(C)C. The highest BCUT2D eigenvalue weighted by Crippen LogP contribution is 2.47. The van der Waals surface area contributed by atoms with Crippen LogP contribution in [0.4, 0.5) is 0 Å². The van der Waals surface area contributed by atoms with Crippen molar-refractivity contribution in [3.05, 3.63) is 44.8 Å². The van der Waals surface area contributed by atoms with Gasteiger partial charge in [0.25, 0.3) is 5.60 Å². The van der Waals surface area contributed by atoms with Gasteiger partial charge in [-0.3, -0.25) is 9.59 Å². The van der Waals surface area contributed by atoms with E-state index in [0.717, 1.165) is 17.8 Å². The third-order valence-electron chi connectivity index (χ3n) is 6.55. The summed E-state index contributed by atoms with van der Waals surface area (Å²) in [6.07, 6.45) is 1.58. The Morgan fingerprint density at radius 1 is 0.972 bits per heavy atom. The van der Waals surface area contributed by atoms with Gasteiger partial charge in [-0.05, 0) is 41.1 Å². The van der Waals surface area contributed by atoms with E-state index >= 15 is 0 Å². The monoisotopic (exact) mass is 536 g/mol. The predicted molar refractivity (Wildman–Crippen MR) is 134 cm³/mol. The van der Waals surface area contributed by atoms with Crippen LogP contribution in [0, 0.1) is 10.8 Å². The maximum Gasteiger partial charge on any atom is 0.401 e. The Bertz CT molecular complexity index is 1070. The van der Waals surface area contributed by atoms with Gasteiger partial charge in [0.05, 0.1) is 9.75 Å². The summed E-state index contributed by atoms with van der Waals surface area (Å²) in [6, 6.07) is 6.63. The molecule has 0 saturated carbocycles. The molecule has 1 aliphatic rings. The lowest BCUT2D eigenvalue weighted by Crippen LogP contribution is -2.67. The molecule has 0 spiro atoms. The lowest BCUT2D eigenvalue weighted by molar-refractivity contribution is -0.483. The molecule has 3 rings (SSSR count). The summed E-state index contributed by atoms with van der Waals surface area (Å²) < 4.78 is 0. The quantitative estimate of drug-likeness (QED) is 0.150. The van der Waals surface area contributed by atoms with Crippen LogP contribution in [0.2, 0.25) is 0 Å². The Hall–Kier alpha value is -2.40. The van der Waals surface area contributed by atoms with Crippen molar-refractivity contribution < 1.29 is 38.7 Å². The first kappa shape index (κ1) is 28.2. The first-order chi connectivity index (χ1) is 17.1. The number of unbranched alkanes of at least 4 members (excludes halogenated alkanes) is 1. The number of hydrogen-bond acceptors (Lipinski definition) is 10. The Morgan fingerprint density at radius 2 is 1.61 bits per heavy atom. The van der Waals surface area contributed by atoms with E-state index < -0.39 is 46.0 Å². The van der Waals surface area contributed by atoms with E-state index in [1.165, 1.54) is 11.3 Å². The molecule has 0 amide bonds. The van der Waals surface area contributed by atoms with Gasteiger partial charge in [0.2, 0.25) is 5.78 Å². The molecule has 2 aromatic rings. The van der Waals surface area contributed by atoms with Crippen molar-refractivity contribution in [3.8, 4) is 0 Å². The zero-order valence-corrected chi connectivity index (χ0v) is 22.8. The second kappa shape index (κ2) is 11.3. The van der Waals surface area contributed by atoms with E-state index in [-0.39, 0.29) is 11.3 Å². The summed E-state index contributed by atoms with van der Waals surface area (Å²) in [4.78, 5) is 74.8. The zero-order valence-electron chi connectivity index (χ0n) is 21.2. The highest BCUT2D eigenvalue weighted by molar-refractivity contribution is 7.12. The van der Waals surface area contributed by atoms with Crippen LogP contribution in [0.15, 0.2) is 35.0 Å². The Labute approximate surface area is 218 Å². The third kappa shape index (κ3) is 4.91. The van der Waals surface area contributed by atoms with Crippen molar-refractivity contribution in [1.29, 1.82) is 0 Å². The van der Waals surface area contributed by atoms with Crippen molar-refractivity contribution in [2.45, 2.75) is 78.4 Å². The van der Waals surface area contributed by atoms with Crippen LogP contribution in [0.25, 0.3) is 0 Å². The van der Waals surface area contributed by atoms with Gasteiger partial charge in [-0.25, -0.2) is 29.1 Å². The smallest absolute Gasteiger partial charge is 0.292 e. The molecule has 0 aromatic carbocycles. The van der Waals surface area contributed by atoms with Crippen LogP contribution in [-0.2, 0) is 29.1 Å². The van der Waals surface area contributed by atoms with Crippen LogP contribution >= 0.6 is 22.7 Å². The maximum absolute atomic E-state index is 13.7. The third-order valence-corrected chi connectivity index (χ3v) is 8.28. The standard InChI is InChI=1S/C26H32O8S2/c1-6-8-14-25(24(3,4)5,20(27)17-12-9-15-35-17)22(29)32-33-23(30)26(19(11-7-2)31-34-26)21(28)18-13-10-16-36-18/h9-10,12-13,15-16,19H,6-8,11,14H2,1-5H3. The Morgan fingerprint density at radius 3 is 2.08 bits per heavy atom. The second-order valence-corrected chi connectivity index (χ2v) is 11.7. The van der Waals surface area contributed by atoms with Gasteiger partial charge in [-0.2, -0.15) is 0 Å². The number of Topliss-reactive ketones (excluding diaryl/α,β-unsaturated/α-hetero) is 2. The lowest BCUT2D eigenvalue weighted by atomic mass is 9.61. The fourth-order valence-electron chi connectivity index (χ4n) is 4.36. The number of carbonyl (C=O) groups excluding carboxylic acids is 4. The predicted octanol–water partition coefficient (Wildman–Crippen LogP) is 5.97. The summed E-state index contributed by atoms with van der Waals surface area (Å²) in [5.41, 5.74) is -4.57. The molecule has 8 nitrogen and oxygen atoms in total. The second-order valence-electron chi connectivity index (χ2n) is 9.81. The normalized spacial score (nSPS) is 21.2. The molecule has 3 unspecified atom stereocenters. The van der Waals surface area contributed by atoms with Gasteiger partial charge in [0.1, 0.15) is 11.5 Å². The summed E-state index contributed by atoms with van der Waals surface area (Å²) in [7, 11) is 0. The molecule has 0 bridgehead atoms. The number of hydrogen-bond donors (Lipinski definition) is 0. The molecular formula is C26H32O8S2. The highest BCUT2D eigenvalue weighted by Gasteiger charge is 2.66. The minimum Gasteiger partial charge on any atom is -0.292 e. The van der Waals surface area contributed by atoms with Gasteiger partial charge in [0, 0.05) is 0 Å². The summed E-state index contributed by atoms with van der Waals surface area (Å²) in [6.45, 7) is 9.16. The number of carbonyl (C=O) groups is 4. The minimum absolute atomic E-state index is 0.206. The van der Waals surface area contributed by atoms with E-state index in [4.69, 9.17) is 19.6 Å². The van der Waals surface area contributed by atoms with Crippen molar-refractivity contribution >= 4 is 46.2 Å². The Balaban J connectivity index is 1.91. The molecule has 10 heteroatoms. The average molecular weight is 537 g/mol. The first-order valence-electron chi connectivity index (χ1n) is 12.0. The fourth-order valence-corrected chi connectivity index (χ4v) is 5.82. The molecule has 36 heavy (non-hydrogen) atoms. The van der Waals surface area contributed by atoms with E-state index in [1.54, 1.807) is 55.8 Å². The van der Waals surface area contributed by atoms with Crippen LogP contribution in [0.1, 0.15) is 86.1 Å². The lowest BCUT2D eigenvalue weighted by Gasteiger charge is -2.42. The summed E-state index contributed by atoms with van der Waals surface area (Å²) in [5.74, 6) is -3.20.